The molecule has 0 fully saturated rings. The predicted octanol–water partition coefficient (Wildman–Crippen LogP) is 3.46. The first kappa shape index (κ1) is 29.1. The molecule has 1 aromatic carbocycles. The number of benzene rings is 1. The van der Waals surface area contributed by atoms with E-state index < -0.39 is 0 Å². The van der Waals surface area contributed by atoms with Gasteiger partial charge >= 0.3 is 17.1 Å². The topological polar surface area (TPSA) is 73.0 Å². The quantitative estimate of drug-likeness (QED) is 0.127. The summed E-state index contributed by atoms with van der Waals surface area (Å²) in [5.74, 6) is -0.00241. The van der Waals surface area contributed by atoms with Gasteiger partial charge in [0.2, 0.25) is 0 Å². The normalized spacial score (nSPS) is 13.0. The van der Waals surface area contributed by atoms with E-state index in [1.165, 1.54) is 6.92 Å². The zero-order valence-corrected chi connectivity index (χ0v) is 21.4. The van der Waals surface area contributed by atoms with Crippen molar-refractivity contribution in [3.05, 3.63) is 35.4 Å². The molecule has 173 valence electrons. The standard InChI is InChI=1S/C21H32N6OS2.Cu/c1-7-26(8-2)20(29)24-22-15(5)19(23-25-21(30)27(9-3)10-4)18-13-11-17(12-14-18)16(6)28;/h11-14H,7-10H2,1-6H3,(H,24,29)(H,25,30);/q;+2/p-2/b22-15+,23-19-;. The summed E-state index contributed by atoms with van der Waals surface area (Å²) in [6.07, 6.45) is 0. The number of rotatable bonds is 9. The first-order chi connectivity index (χ1) is 14.3. The molecule has 0 amide bonds. The Labute approximate surface area is 207 Å². The Morgan fingerprint density at radius 3 is 1.52 bits per heavy atom. The Morgan fingerprint density at radius 1 is 0.742 bits per heavy atom. The van der Waals surface area contributed by atoms with Crippen LogP contribution in [0, 0.1) is 0 Å². The monoisotopic (exact) mass is 509 g/mol. The van der Waals surface area contributed by atoms with Gasteiger partial charge in [0.05, 0.1) is 5.71 Å². The van der Waals surface area contributed by atoms with Crippen LogP contribution in [0.2, 0.25) is 0 Å². The van der Waals surface area contributed by atoms with Crippen LogP contribution in [-0.2, 0) is 42.3 Å². The third kappa shape index (κ3) is 9.03. The number of nitrogens with zero attached hydrogens (tertiary/aromatic N) is 6. The van der Waals surface area contributed by atoms with E-state index in [2.05, 4.69) is 20.4 Å². The molecule has 10 heteroatoms. The molecule has 0 heterocycles. The Morgan fingerprint density at radius 2 is 1.13 bits per heavy atom. The van der Waals surface area contributed by atoms with E-state index in [4.69, 9.17) is 25.3 Å². The molecule has 0 bridgehead atoms. The van der Waals surface area contributed by atoms with Gasteiger partial charge in [0.15, 0.2) is 5.78 Å². The van der Waals surface area contributed by atoms with E-state index in [1.54, 1.807) is 19.1 Å². The Hall–Kier alpha value is -1.87. The van der Waals surface area contributed by atoms with Gasteiger partial charge in [-0.3, -0.25) is 4.79 Å². The molecule has 0 atom stereocenters. The van der Waals surface area contributed by atoms with Crippen molar-refractivity contribution in [3.8, 4) is 0 Å². The van der Waals surface area contributed by atoms with Gasteiger partial charge in [-0.2, -0.15) is 15.3 Å². The maximum absolute atomic E-state index is 11.6. The maximum atomic E-state index is 11.6. The van der Waals surface area contributed by atoms with Crippen LogP contribution in [0.1, 0.15) is 57.5 Å². The summed E-state index contributed by atoms with van der Waals surface area (Å²) < 4.78 is 0. The van der Waals surface area contributed by atoms with Crippen LogP contribution in [0.3, 0.4) is 0 Å². The summed E-state index contributed by atoms with van der Waals surface area (Å²) in [7, 11) is 0. The summed E-state index contributed by atoms with van der Waals surface area (Å²) in [5, 5.41) is 17.9. The van der Waals surface area contributed by atoms with Gasteiger partial charge < -0.3 is 35.1 Å². The molecule has 0 saturated heterocycles. The van der Waals surface area contributed by atoms with Crippen molar-refractivity contribution >= 4 is 52.8 Å². The second-order valence-corrected chi connectivity index (χ2v) is 7.11. The van der Waals surface area contributed by atoms with Crippen molar-refractivity contribution in [2.75, 3.05) is 26.2 Å². The Bertz CT molecular complexity index is 829. The molecule has 0 aliphatic carbocycles. The van der Waals surface area contributed by atoms with E-state index in [0.29, 0.717) is 27.3 Å². The molecule has 0 saturated carbocycles. The fourth-order valence-electron chi connectivity index (χ4n) is 2.57. The second-order valence-electron chi connectivity index (χ2n) is 6.38. The van der Waals surface area contributed by atoms with Gasteiger partial charge in [0.25, 0.3) is 0 Å². The van der Waals surface area contributed by atoms with E-state index >= 15 is 0 Å². The zero-order valence-electron chi connectivity index (χ0n) is 18.8. The van der Waals surface area contributed by atoms with Crippen molar-refractivity contribution in [3.63, 3.8) is 0 Å². The summed E-state index contributed by atoms with van der Waals surface area (Å²) >= 11 is 10.7. The van der Waals surface area contributed by atoms with E-state index in [9.17, 15) is 4.79 Å². The predicted molar refractivity (Wildman–Crippen MR) is 132 cm³/mol. The molecule has 1 rings (SSSR count). The van der Waals surface area contributed by atoms with Gasteiger partial charge in [-0.15, -0.1) is 5.10 Å². The number of hydrogen-bond donors (Lipinski definition) is 0. The fourth-order valence-corrected chi connectivity index (χ4v) is 3.17. The van der Waals surface area contributed by atoms with E-state index in [0.717, 1.165) is 31.7 Å². The minimum absolute atomic E-state index is 0. The number of hydrogen-bond acceptors (Lipinski definition) is 7. The molecule has 0 aliphatic heterocycles. The molecule has 0 spiro atoms. The van der Waals surface area contributed by atoms with Crippen molar-refractivity contribution in [1.29, 1.82) is 0 Å². The third-order valence-corrected chi connectivity index (χ3v) is 5.18. The van der Waals surface area contributed by atoms with Gasteiger partial charge in [0, 0.05) is 47.6 Å². The van der Waals surface area contributed by atoms with Crippen LogP contribution in [-0.4, -0.2) is 63.5 Å². The first-order valence-electron chi connectivity index (χ1n) is 10.0. The van der Waals surface area contributed by atoms with Crippen molar-refractivity contribution in [2.24, 2.45) is 20.4 Å². The largest absolute Gasteiger partial charge is 2.00 e. The zero-order chi connectivity index (χ0) is 22.7. The van der Waals surface area contributed by atoms with Crippen LogP contribution in [0.4, 0.5) is 0 Å². The molecular weight excluding hydrogens is 480 g/mol. The molecule has 0 aromatic heterocycles. The number of carbonyl (C=O) groups excluding carboxylic acids is 1. The van der Waals surface area contributed by atoms with Crippen LogP contribution < -0.4 is 0 Å². The van der Waals surface area contributed by atoms with E-state index in [-0.39, 0.29) is 22.9 Å². The van der Waals surface area contributed by atoms with Crippen LogP contribution in [0.15, 0.2) is 44.7 Å². The number of ketones is 1. The number of Topliss-reactive ketones (excluding diaryl/α,β-unsaturated/α-hetero) is 1. The van der Waals surface area contributed by atoms with E-state index in [1.807, 2.05) is 49.6 Å². The summed E-state index contributed by atoms with van der Waals surface area (Å²) in [6.45, 7) is 14.4. The average Bonchev–Trinajstić information content (AvgIpc) is 2.74. The summed E-state index contributed by atoms with van der Waals surface area (Å²) in [5.41, 5.74) is 2.45. The van der Waals surface area contributed by atoms with Crippen LogP contribution in [0.5, 0.6) is 0 Å². The smallest absolute Gasteiger partial charge is 0.741 e. The Balaban J connectivity index is 0.00000900. The Kier molecular flexibility index (Phi) is 14.1. The second kappa shape index (κ2) is 15.0. The van der Waals surface area contributed by atoms with Crippen molar-refractivity contribution in [2.45, 2.75) is 41.5 Å². The number of amidine groups is 2. The maximum Gasteiger partial charge on any atom is 2.00 e. The molecule has 1 aromatic rings. The molecule has 1 radical (unpaired) electrons. The van der Waals surface area contributed by atoms with Crippen molar-refractivity contribution < 1.29 is 21.9 Å². The number of carbonyl (C=O) groups is 1. The molecule has 31 heavy (non-hydrogen) atoms. The first-order valence-corrected chi connectivity index (χ1v) is 10.8. The van der Waals surface area contributed by atoms with Crippen molar-refractivity contribution in [1.82, 2.24) is 9.80 Å². The molecule has 0 N–H and O–H groups in total. The molecule has 0 aliphatic rings. The third-order valence-electron chi connectivity index (χ3n) is 4.50. The summed E-state index contributed by atoms with van der Waals surface area (Å²) in [4.78, 5) is 15.5. The minimum atomic E-state index is -0.00241. The average molecular weight is 510 g/mol. The fraction of sp³-hybridized carbons (Fsp3) is 0.476. The van der Waals surface area contributed by atoms with Gasteiger partial charge in [0.1, 0.15) is 5.71 Å². The molecule has 0 unspecified atom stereocenters. The summed E-state index contributed by atoms with van der Waals surface area (Å²) in [6, 6.07) is 7.13. The minimum Gasteiger partial charge on any atom is -0.741 e. The van der Waals surface area contributed by atoms with Crippen LogP contribution >= 0.6 is 0 Å². The van der Waals surface area contributed by atoms with Gasteiger partial charge in [-0.1, -0.05) is 24.3 Å². The van der Waals surface area contributed by atoms with Gasteiger partial charge in [-0.25, -0.2) is 0 Å². The molecule has 7 nitrogen and oxygen atoms in total. The SMILES string of the molecule is CCN(CC)/C([S-])=N/N=C(C)/C(=N/N=C(\[S-])N(CC)CC)c1ccc(C(C)=O)cc1.[Cu+2]. The van der Waals surface area contributed by atoms with Gasteiger partial charge in [-0.05, 0) is 41.5 Å². The molecular formula is C21H30CuN6OS2. The van der Waals surface area contributed by atoms with Crippen LogP contribution in [0.25, 0.3) is 0 Å².